The van der Waals surface area contributed by atoms with E-state index < -0.39 is 24.6 Å². The Kier molecular flexibility index (Phi) is 8.31. The number of sulfonamides is 1. The molecular weight excluding hydrogens is 681 g/mol. The number of fused-ring (bicyclic) bond motifs is 1. The number of anilines is 1. The number of halogens is 4. The minimum Gasteiger partial charge on any atom is -0.304 e. The monoisotopic (exact) mass is 705 g/mol. The summed E-state index contributed by atoms with van der Waals surface area (Å²) in [6.45, 7) is 4.19. The summed E-state index contributed by atoms with van der Waals surface area (Å²) in [6, 6.07) is 14.1. The van der Waals surface area contributed by atoms with Gasteiger partial charge in [0, 0.05) is 42.8 Å². The lowest BCUT2D eigenvalue weighted by Gasteiger charge is -2.39. The Hall–Kier alpha value is -1.37. The van der Waals surface area contributed by atoms with Crippen LogP contribution in [0.3, 0.4) is 0 Å². The number of nitrogens with zero attached hydrogens (tertiary/aromatic N) is 3. The van der Waals surface area contributed by atoms with E-state index in [1.54, 1.807) is 36.4 Å². The van der Waals surface area contributed by atoms with Gasteiger partial charge in [-0.05, 0) is 56.4 Å². The van der Waals surface area contributed by atoms with Gasteiger partial charge in [-0.25, -0.2) is 16.8 Å². The Morgan fingerprint density at radius 3 is 2.02 bits per heavy atom. The molecule has 2 aliphatic heterocycles. The van der Waals surface area contributed by atoms with Crippen LogP contribution in [0.2, 0.25) is 15.1 Å². The van der Waals surface area contributed by atoms with E-state index in [9.17, 15) is 16.8 Å². The van der Waals surface area contributed by atoms with E-state index in [0.717, 1.165) is 23.0 Å². The molecule has 7 nitrogen and oxygen atoms in total. The number of piperazine rings is 1. The van der Waals surface area contributed by atoms with Crippen molar-refractivity contribution in [2.75, 3.05) is 50.6 Å². The molecule has 0 saturated carbocycles. The third-order valence-corrected chi connectivity index (χ3v) is 13.5. The molecule has 13 heteroatoms. The summed E-state index contributed by atoms with van der Waals surface area (Å²) in [5, 5.41) is -0.0566. The molecule has 3 aromatic carbocycles. The zero-order valence-electron chi connectivity index (χ0n) is 21.7. The number of hydrogen-bond acceptors (Lipinski definition) is 6. The van der Waals surface area contributed by atoms with Gasteiger partial charge in [-0.1, -0.05) is 68.4 Å². The minimum absolute atomic E-state index is 0.00646. The van der Waals surface area contributed by atoms with E-state index in [2.05, 4.69) is 20.8 Å². The second kappa shape index (κ2) is 11.0. The summed E-state index contributed by atoms with van der Waals surface area (Å²) in [5.74, 6) is 0. The third-order valence-electron chi connectivity index (χ3n) is 7.59. The molecule has 2 aliphatic rings. The Morgan fingerprint density at radius 1 is 0.850 bits per heavy atom. The quantitative estimate of drug-likeness (QED) is 0.300. The minimum atomic E-state index is -4.23. The summed E-state index contributed by atoms with van der Waals surface area (Å²) < 4.78 is 57.8. The molecule has 2 heterocycles. The molecule has 1 fully saturated rings. The summed E-state index contributed by atoms with van der Waals surface area (Å²) in [4.78, 5) is 4.29. The van der Waals surface area contributed by atoms with Crippen molar-refractivity contribution in [3.63, 3.8) is 0 Å². The van der Waals surface area contributed by atoms with Crippen LogP contribution in [-0.2, 0) is 24.6 Å². The van der Waals surface area contributed by atoms with Gasteiger partial charge in [0.15, 0.2) is 9.84 Å². The Morgan fingerprint density at radius 2 is 1.43 bits per heavy atom. The normalized spacial score (nSPS) is 20.6. The molecular formula is C27H27BrCl3N3O4S2. The second-order valence-electron chi connectivity index (χ2n) is 10.2. The van der Waals surface area contributed by atoms with Crippen LogP contribution in [0.4, 0.5) is 5.69 Å². The highest BCUT2D eigenvalue weighted by Crippen LogP contribution is 2.55. The summed E-state index contributed by atoms with van der Waals surface area (Å²) in [6.07, 6.45) is 0. The first-order chi connectivity index (χ1) is 18.8. The van der Waals surface area contributed by atoms with E-state index in [4.69, 9.17) is 34.8 Å². The summed E-state index contributed by atoms with van der Waals surface area (Å²) >= 11 is 23.1. The maximum Gasteiger partial charge on any atom is 0.264 e. The zero-order valence-corrected chi connectivity index (χ0v) is 27.2. The van der Waals surface area contributed by atoms with Gasteiger partial charge in [0.05, 0.1) is 37.1 Å². The highest BCUT2D eigenvalue weighted by Gasteiger charge is 2.58. The zero-order chi connectivity index (χ0) is 29.0. The Bertz CT molecular complexity index is 1660. The van der Waals surface area contributed by atoms with Crippen molar-refractivity contribution in [2.45, 2.75) is 21.5 Å². The molecule has 40 heavy (non-hydrogen) atoms. The van der Waals surface area contributed by atoms with Crippen LogP contribution in [0, 0.1) is 6.92 Å². The van der Waals surface area contributed by atoms with Crippen molar-refractivity contribution in [1.29, 1.82) is 0 Å². The van der Waals surface area contributed by atoms with Gasteiger partial charge in [0.25, 0.3) is 10.0 Å². The van der Waals surface area contributed by atoms with Crippen molar-refractivity contribution >= 4 is 76.3 Å². The Labute approximate surface area is 258 Å². The number of likely N-dealkylation sites (N-methyl/N-ethyl adjacent to an activating group) is 1. The van der Waals surface area contributed by atoms with E-state index in [1.165, 1.54) is 18.2 Å². The lowest BCUT2D eigenvalue weighted by molar-refractivity contribution is 0.142. The first-order valence-corrected chi connectivity index (χ1v) is 17.3. The van der Waals surface area contributed by atoms with Gasteiger partial charge >= 0.3 is 0 Å². The van der Waals surface area contributed by atoms with Gasteiger partial charge in [-0.3, -0.25) is 9.21 Å². The maximum absolute atomic E-state index is 14.8. The van der Waals surface area contributed by atoms with Crippen LogP contribution in [0.15, 0.2) is 68.9 Å². The SMILES string of the molecule is Cc1ccc(S(=O)(=O)C2(CN3CCN(C)CC3)CN(S(=O)(=O)c3ccc(Br)cc3)c3cc(Cl)c(Cl)c(Cl)c32)cc1. The largest absolute Gasteiger partial charge is 0.304 e. The fourth-order valence-corrected chi connectivity index (χ4v) is 10.1. The van der Waals surface area contributed by atoms with Gasteiger partial charge < -0.3 is 4.90 Å². The average Bonchev–Trinajstić information content (AvgIpc) is 3.25. The summed E-state index contributed by atoms with van der Waals surface area (Å²) in [5.41, 5.74) is 1.14. The smallest absolute Gasteiger partial charge is 0.264 e. The molecule has 214 valence electrons. The van der Waals surface area contributed by atoms with Crippen LogP contribution in [0.25, 0.3) is 0 Å². The maximum atomic E-state index is 14.8. The number of sulfone groups is 1. The number of rotatable bonds is 6. The number of aryl methyl sites for hydroxylation is 1. The number of hydrogen-bond donors (Lipinski definition) is 0. The van der Waals surface area contributed by atoms with Crippen LogP contribution in [0.1, 0.15) is 11.1 Å². The van der Waals surface area contributed by atoms with E-state index in [1.807, 2.05) is 18.9 Å². The first-order valence-electron chi connectivity index (χ1n) is 12.5. The Balaban J connectivity index is 1.78. The van der Waals surface area contributed by atoms with Crippen molar-refractivity contribution in [2.24, 2.45) is 0 Å². The van der Waals surface area contributed by atoms with Crippen LogP contribution in [-0.4, -0.2) is 73.0 Å². The molecule has 0 aliphatic carbocycles. The van der Waals surface area contributed by atoms with Crippen molar-refractivity contribution in [3.05, 3.63) is 85.3 Å². The average molecular weight is 708 g/mol. The standard InChI is InChI=1S/C27H27BrCl3N3O4S2/c1-18-3-7-20(8-4-18)39(35,36)27(16-33-13-11-32(2)12-14-33)17-34(23-15-22(29)25(30)26(31)24(23)27)40(37,38)21-9-5-19(28)6-10-21/h3-10,15H,11-14,16-17H2,1-2H3. The highest BCUT2D eigenvalue weighted by atomic mass is 79.9. The van der Waals surface area contributed by atoms with Crippen molar-refractivity contribution < 1.29 is 16.8 Å². The molecule has 3 aromatic rings. The van der Waals surface area contributed by atoms with Crippen LogP contribution >= 0.6 is 50.7 Å². The van der Waals surface area contributed by atoms with E-state index in [0.29, 0.717) is 17.6 Å². The molecule has 1 atom stereocenters. The molecule has 1 saturated heterocycles. The molecule has 0 bridgehead atoms. The number of benzene rings is 3. The topological polar surface area (TPSA) is 78.0 Å². The molecule has 0 N–H and O–H groups in total. The van der Waals surface area contributed by atoms with Crippen molar-refractivity contribution in [1.82, 2.24) is 9.80 Å². The molecule has 0 aromatic heterocycles. The van der Waals surface area contributed by atoms with Crippen LogP contribution in [0.5, 0.6) is 0 Å². The molecule has 0 spiro atoms. The molecule has 0 amide bonds. The fraction of sp³-hybridized carbons (Fsp3) is 0.333. The van der Waals surface area contributed by atoms with Crippen LogP contribution < -0.4 is 4.31 Å². The van der Waals surface area contributed by atoms with Gasteiger partial charge in [-0.2, -0.15) is 0 Å². The fourth-order valence-electron chi connectivity index (χ4n) is 5.30. The van der Waals surface area contributed by atoms with Crippen molar-refractivity contribution in [3.8, 4) is 0 Å². The van der Waals surface area contributed by atoms with E-state index in [-0.39, 0.29) is 49.2 Å². The lowest BCUT2D eigenvalue weighted by Crippen LogP contribution is -2.54. The predicted molar refractivity (Wildman–Crippen MR) is 164 cm³/mol. The van der Waals surface area contributed by atoms with Gasteiger partial charge in [0.1, 0.15) is 4.75 Å². The predicted octanol–water partition coefficient (Wildman–Crippen LogP) is 5.84. The third kappa shape index (κ3) is 5.08. The lowest BCUT2D eigenvalue weighted by atomic mass is 9.98. The summed E-state index contributed by atoms with van der Waals surface area (Å²) in [7, 11) is -6.45. The van der Waals surface area contributed by atoms with E-state index >= 15 is 0 Å². The molecule has 5 rings (SSSR count). The molecule has 0 radical (unpaired) electrons. The van der Waals surface area contributed by atoms with Gasteiger partial charge in [0.2, 0.25) is 0 Å². The molecule has 1 unspecified atom stereocenters. The van der Waals surface area contributed by atoms with Gasteiger partial charge in [-0.15, -0.1) is 0 Å². The second-order valence-corrected chi connectivity index (χ2v) is 16.4. The highest BCUT2D eigenvalue weighted by molar-refractivity contribution is 9.10. The first kappa shape index (κ1) is 30.1.